The van der Waals surface area contributed by atoms with E-state index >= 15 is 0 Å². The third-order valence-electron chi connectivity index (χ3n) is 3.74. The van der Waals surface area contributed by atoms with Gasteiger partial charge >= 0.3 is 0 Å². The van der Waals surface area contributed by atoms with Gasteiger partial charge in [0.15, 0.2) is 4.96 Å². The Morgan fingerprint density at radius 1 is 1.30 bits per heavy atom. The minimum atomic E-state index is 0.339. The summed E-state index contributed by atoms with van der Waals surface area (Å²) in [6.07, 6.45) is 14.2. The van der Waals surface area contributed by atoms with Gasteiger partial charge in [0.1, 0.15) is 0 Å². The lowest BCUT2D eigenvalue weighted by Gasteiger charge is -2.14. The van der Waals surface area contributed by atoms with E-state index in [1.165, 1.54) is 38.5 Å². The lowest BCUT2D eigenvalue weighted by molar-refractivity contribution is 0.457. The normalized spacial score (nSPS) is 13.1. The fourth-order valence-electron chi connectivity index (χ4n) is 2.54. The maximum absolute atomic E-state index is 5.67. The first-order valence-electron chi connectivity index (χ1n) is 7.70. The summed E-state index contributed by atoms with van der Waals surface area (Å²) in [4.78, 5) is 5.68. The summed E-state index contributed by atoms with van der Waals surface area (Å²) in [5, 5.41) is 2.06. The molecule has 0 amide bonds. The van der Waals surface area contributed by atoms with Crippen molar-refractivity contribution in [3.63, 3.8) is 0 Å². The lowest BCUT2D eigenvalue weighted by Crippen LogP contribution is -2.36. The van der Waals surface area contributed by atoms with Crippen LogP contribution >= 0.6 is 11.3 Å². The number of nitrogens with zero attached hydrogens (tertiary/aromatic N) is 2. The third kappa shape index (κ3) is 4.58. The molecule has 0 aliphatic rings. The Bertz CT molecular complexity index is 462. The second kappa shape index (κ2) is 8.39. The van der Waals surface area contributed by atoms with Gasteiger partial charge in [-0.25, -0.2) is 4.98 Å². The first-order valence-corrected chi connectivity index (χ1v) is 8.58. The summed E-state index contributed by atoms with van der Waals surface area (Å²) in [6, 6.07) is 0.339. The standard InChI is InChI=1S/C15H26N4S/c1-2-3-4-5-6-7-8-13(18-16)11-14-12-19-9-10-20-15(19)17-14/h9-10,12-13,18H,2-8,11,16H2,1H3. The Kier molecular flexibility index (Phi) is 6.50. The monoisotopic (exact) mass is 294 g/mol. The highest BCUT2D eigenvalue weighted by Crippen LogP contribution is 2.15. The van der Waals surface area contributed by atoms with Gasteiger partial charge < -0.3 is 0 Å². The van der Waals surface area contributed by atoms with Crippen LogP contribution in [0.15, 0.2) is 17.8 Å². The molecular formula is C15H26N4S. The predicted octanol–water partition coefficient (Wildman–Crippen LogP) is 3.52. The lowest BCUT2D eigenvalue weighted by atomic mass is 10.0. The summed E-state index contributed by atoms with van der Waals surface area (Å²) < 4.78 is 2.08. The molecule has 3 N–H and O–H groups in total. The van der Waals surface area contributed by atoms with E-state index in [4.69, 9.17) is 5.84 Å². The average Bonchev–Trinajstić information content (AvgIpc) is 3.02. The van der Waals surface area contributed by atoms with Crippen molar-refractivity contribution in [2.75, 3.05) is 0 Å². The van der Waals surface area contributed by atoms with Crippen LogP contribution in [0.1, 0.15) is 57.6 Å². The number of thiazole rings is 1. The minimum Gasteiger partial charge on any atom is -0.297 e. The molecule has 20 heavy (non-hydrogen) atoms. The van der Waals surface area contributed by atoms with Gasteiger partial charge in [-0.2, -0.15) is 0 Å². The zero-order chi connectivity index (χ0) is 14.2. The Morgan fingerprint density at radius 3 is 2.85 bits per heavy atom. The molecule has 2 heterocycles. The third-order valence-corrected chi connectivity index (χ3v) is 4.51. The number of unbranched alkanes of at least 4 members (excludes halogenated alkanes) is 5. The molecule has 0 aliphatic carbocycles. The number of hydrogen-bond acceptors (Lipinski definition) is 4. The summed E-state index contributed by atoms with van der Waals surface area (Å²) in [5.41, 5.74) is 4.07. The van der Waals surface area contributed by atoms with Crippen molar-refractivity contribution in [3.05, 3.63) is 23.5 Å². The fraction of sp³-hybridized carbons (Fsp3) is 0.667. The number of imidazole rings is 1. The number of aromatic nitrogens is 2. The van der Waals surface area contributed by atoms with Gasteiger partial charge in [0.2, 0.25) is 0 Å². The molecule has 0 aliphatic heterocycles. The van der Waals surface area contributed by atoms with Crippen LogP contribution in [0, 0.1) is 0 Å². The summed E-state index contributed by atoms with van der Waals surface area (Å²) in [5.74, 6) is 5.67. The van der Waals surface area contributed by atoms with Crippen LogP contribution < -0.4 is 11.3 Å². The van der Waals surface area contributed by atoms with Crippen molar-refractivity contribution in [2.45, 2.75) is 64.3 Å². The van der Waals surface area contributed by atoms with Crippen LogP contribution in [0.3, 0.4) is 0 Å². The number of fused-ring (bicyclic) bond motifs is 1. The van der Waals surface area contributed by atoms with Gasteiger partial charge in [0.05, 0.1) is 5.69 Å². The maximum Gasteiger partial charge on any atom is 0.193 e. The number of hydrazine groups is 1. The van der Waals surface area contributed by atoms with Crippen molar-refractivity contribution >= 4 is 16.3 Å². The molecule has 2 aromatic heterocycles. The molecule has 0 aromatic carbocycles. The molecule has 0 bridgehead atoms. The van der Waals surface area contributed by atoms with Crippen LogP contribution in [-0.2, 0) is 6.42 Å². The molecule has 0 saturated carbocycles. The molecule has 1 atom stereocenters. The second-order valence-electron chi connectivity index (χ2n) is 5.45. The number of nitrogens with one attached hydrogen (secondary N) is 1. The van der Waals surface area contributed by atoms with E-state index in [1.807, 2.05) is 0 Å². The van der Waals surface area contributed by atoms with E-state index in [9.17, 15) is 0 Å². The molecule has 0 spiro atoms. The summed E-state index contributed by atoms with van der Waals surface area (Å²) in [7, 11) is 0. The second-order valence-corrected chi connectivity index (χ2v) is 6.32. The highest BCUT2D eigenvalue weighted by Gasteiger charge is 2.10. The first-order chi connectivity index (χ1) is 9.83. The van der Waals surface area contributed by atoms with E-state index in [2.05, 4.69) is 39.5 Å². The SMILES string of the molecule is CCCCCCCCC(Cc1cn2ccsc2n1)NN. The fourth-order valence-corrected chi connectivity index (χ4v) is 3.26. The average molecular weight is 294 g/mol. The summed E-state index contributed by atoms with van der Waals surface area (Å²) >= 11 is 1.67. The molecule has 4 nitrogen and oxygen atoms in total. The minimum absolute atomic E-state index is 0.339. The highest BCUT2D eigenvalue weighted by molar-refractivity contribution is 7.15. The molecular weight excluding hydrogens is 268 g/mol. The van der Waals surface area contributed by atoms with E-state index in [0.29, 0.717) is 6.04 Å². The maximum atomic E-state index is 5.67. The molecule has 112 valence electrons. The van der Waals surface area contributed by atoms with Gasteiger partial charge in [-0.05, 0) is 6.42 Å². The number of nitrogens with two attached hydrogens (primary N) is 1. The Balaban J connectivity index is 1.70. The van der Waals surface area contributed by atoms with Crippen LogP contribution in [0.2, 0.25) is 0 Å². The van der Waals surface area contributed by atoms with Crippen LogP contribution in [0.5, 0.6) is 0 Å². The quantitative estimate of drug-likeness (QED) is 0.400. The van der Waals surface area contributed by atoms with E-state index in [1.54, 1.807) is 11.3 Å². The van der Waals surface area contributed by atoms with Gasteiger partial charge in [-0.15, -0.1) is 11.3 Å². The Morgan fingerprint density at radius 2 is 2.10 bits per heavy atom. The van der Waals surface area contributed by atoms with Crippen molar-refractivity contribution < 1.29 is 0 Å². The highest BCUT2D eigenvalue weighted by atomic mass is 32.1. The zero-order valence-corrected chi connectivity index (χ0v) is 13.2. The van der Waals surface area contributed by atoms with Gasteiger partial charge in [0, 0.05) is 30.2 Å². The van der Waals surface area contributed by atoms with Gasteiger partial charge in [-0.3, -0.25) is 15.7 Å². The zero-order valence-electron chi connectivity index (χ0n) is 12.3. The summed E-state index contributed by atoms with van der Waals surface area (Å²) in [6.45, 7) is 2.25. The number of hydrogen-bond donors (Lipinski definition) is 2. The van der Waals surface area contributed by atoms with Crippen LogP contribution in [0.25, 0.3) is 4.96 Å². The van der Waals surface area contributed by atoms with Crippen molar-refractivity contribution in [1.29, 1.82) is 0 Å². The van der Waals surface area contributed by atoms with Crippen LogP contribution in [0.4, 0.5) is 0 Å². The molecule has 2 aromatic rings. The smallest absolute Gasteiger partial charge is 0.193 e. The predicted molar refractivity (Wildman–Crippen MR) is 85.9 cm³/mol. The largest absolute Gasteiger partial charge is 0.297 e. The number of rotatable bonds is 10. The topological polar surface area (TPSA) is 55.3 Å². The Hall–Kier alpha value is -0.910. The van der Waals surface area contributed by atoms with E-state index in [0.717, 1.165) is 23.5 Å². The molecule has 5 heteroatoms. The molecule has 0 saturated heterocycles. The first kappa shape index (κ1) is 15.5. The van der Waals surface area contributed by atoms with Gasteiger partial charge in [-0.1, -0.05) is 45.4 Å². The Labute approximate surface area is 125 Å². The van der Waals surface area contributed by atoms with Crippen molar-refractivity contribution in [1.82, 2.24) is 14.8 Å². The van der Waals surface area contributed by atoms with Crippen molar-refractivity contribution in [2.24, 2.45) is 5.84 Å². The van der Waals surface area contributed by atoms with Gasteiger partial charge in [0.25, 0.3) is 0 Å². The molecule has 0 radical (unpaired) electrons. The van der Waals surface area contributed by atoms with E-state index < -0.39 is 0 Å². The molecule has 0 fully saturated rings. The van der Waals surface area contributed by atoms with Crippen LogP contribution in [-0.4, -0.2) is 15.4 Å². The van der Waals surface area contributed by atoms with E-state index in [-0.39, 0.29) is 0 Å². The van der Waals surface area contributed by atoms with Crippen molar-refractivity contribution in [3.8, 4) is 0 Å². The molecule has 2 rings (SSSR count). The molecule has 1 unspecified atom stereocenters.